The van der Waals surface area contributed by atoms with Crippen LogP contribution in [0.4, 0.5) is 0 Å². The average Bonchev–Trinajstić information content (AvgIpc) is 1.72. The summed E-state index contributed by atoms with van der Waals surface area (Å²) in [5, 5.41) is 74.1. The van der Waals surface area contributed by atoms with Crippen LogP contribution in [0.5, 0.6) is 0 Å². The molecule has 762 valence electrons. The number of carbonyl (C=O) groups is 22. The van der Waals surface area contributed by atoms with Crippen LogP contribution in [0.25, 0.3) is 0 Å². The number of benzene rings is 2. The first-order valence-corrected chi connectivity index (χ1v) is 45.1. The molecule has 50 heteroatoms. The molecule has 1 aliphatic heterocycles. The van der Waals surface area contributed by atoms with Gasteiger partial charge in [0.05, 0.1) is 58.2 Å². The molecule has 22 amide bonds. The van der Waals surface area contributed by atoms with Gasteiger partial charge in [-0.2, -0.15) is 0 Å². The minimum absolute atomic E-state index is 0.0336. The van der Waals surface area contributed by atoms with E-state index in [9.17, 15) is 121 Å². The fourth-order valence-corrected chi connectivity index (χ4v) is 14.0. The lowest BCUT2D eigenvalue weighted by molar-refractivity contribution is -0.144. The highest BCUT2D eigenvalue weighted by atomic mass is 16.3. The van der Waals surface area contributed by atoms with Gasteiger partial charge < -0.3 is 150 Å². The van der Waals surface area contributed by atoms with Crippen LogP contribution in [-0.2, 0) is 118 Å². The van der Waals surface area contributed by atoms with Crippen LogP contribution in [0.2, 0.25) is 0 Å². The number of nitrogens with two attached hydrogens (primary N) is 6. The monoisotopic (exact) mass is 1930 g/mol. The van der Waals surface area contributed by atoms with Gasteiger partial charge in [-0.05, 0) is 120 Å². The zero-order valence-electron chi connectivity index (χ0n) is 79.0. The molecule has 17 unspecified atom stereocenters. The van der Waals surface area contributed by atoms with E-state index in [0.29, 0.717) is 24.0 Å². The predicted molar refractivity (Wildman–Crippen MR) is 491 cm³/mol. The van der Waals surface area contributed by atoms with Gasteiger partial charge in [0.25, 0.3) is 0 Å². The summed E-state index contributed by atoms with van der Waals surface area (Å²) in [4.78, 5) is 301. The summed E-state index contributed by atoms with van der Waals surface area (Å²) in [6.45, 7) is 11.1. The van der Waals surface area contributed by atoms with Crippen molar-refractivity contribution in [3.8, 4) is 0 Å². The minimum Gasteiger partial charge on any atom is -0.394 e. The summed E-state index contributed by atoms with van der Waals surface area (Å²) in [6, 6.07) is -8.29. The SMILES string of the molecule is CNC(CO)C(=O)NCC(=O)NCC(=O)NC(C(=O)NC(C(=O)NC(CCCCN)C(=O)NC(CC(N)=O)C(=O)NC(CC(N)=O)C(=O)NC(Cc1ccccc1)C(=O)NC(C(=O)N1CCCC1C(=O)NC(C(=O)NC(CC(N)=O)C(=O)NC(C(=O)NCC(=O)NC(CO)C(=O)NC(CCCCN)C(=O)NC(C)C(=O)NC(Cc1ccccc1)C(N)=O)C(C)C)C(C)O)C(C)C)C(C)C)C(C)C. The number of likely N-dealkylation sites (N-methyl/N-ethyl adjacent to an activating group) is 1. The van der Waals surface area contributed by atoms with Gasteiger partial charge in [0.15, 0.2) is 0 Å². The highest BCUT2D eigenvalue weighted by Gasteiger charge is 2.44. The van der Waals surface area contributed by atoms with Crippen LogP contribution in [0.1, 0.15) is 151 Å². The van der Waals surface area contributed by atoms with Crippen LogP contribution in [0, 0.1) is 23.7 Å². The molecule has 2 aromatic carbocycles. The van der Waals surface area contributed by atoms with Crippen LogP contribution in [0.15, 0.2) is 60.7 Å². The van der Waals surface area contributed by atoms with Crippen molar-refractivity contribution in [1.29, 1.82) is 0 Å². The smallest absolute Gasteiger partial charge is 0.246 e. The Morgan fingerprint density at radius 2 is 0.715 bits per heavy atom. The number of amides is 22. The molecule has 0 aromatic heterocycles. The Balaban J connectivity index is 1.82. The van der Waals surface area contributed by atoms with Gasteiger partial charge >= 0.3 is 0 Å². The van der Waals surface area contributed by atoms with Gasteiger partial charge in [0, 0.05) is 19.4 Å². The number of primary amides is 4. The number of unbranched alkanes of at least 4 members (excludes halogenated alkanes) is 2. The van der Waals surface area contributed by atoms with E-state index in [4.69, 9.17) is 34.4 Å². The molecule has 17 atom stereocenters. The average molecular weight is 1940 g/mol. The third-order valence-electron chi connectivity index (χ3n) is 21.8. The molecule has 1 heterocycles. The van der Waals surface area contributed by atoms with Gasteiger partial charge in [-0.3, -0.25) is 105 Å². The standard InChI is InChI=1S/C87H139N25O25/c1-43(2)67(83(133)97-40-65(120)99-59(42-114)81(131)100-51(27-18-20-30-88)75(125)98-47(9)73(123)102-53(72(93)122)33-49-23-14-12-15-24-49)108-80(130)57(37-63(92)118)106-86(136)71(48(10)115)111-82(132)60-29-22-32-112(60)87(137)70(46(7)8)110-79(129)54(34-50-25-16-13-17-26-50)103-77(127)56(36-62(91)117)105-78(128)55(35-61(90)116)104-76(126)52(28-19-21-31-89)101-84(134)69(45(5)6)109-85(135)68(44(3)4)107-66(121)39-95-64(119)38-96-74(124)58(41-113)94-11/h12-17,23-26,43-48,51-60,67-71,94,113-115H,18-22,27-42,88-89H2,1-11H3,(H2,90,116)(H2,91,117)(H2,92,118)(H2,93,122)(H,95,119)(H,96,124)(H,97,133)(H,98,125)(H,99,120)(H,100,131)(H,101,134)(H,102,123)(H,103,127)(H,104,126)(H,105,128)(H,106,136)(H,107,121)(H,108,130)(H,109,135)(H,110,129)(H,111,132). The van der Waals surface area contributed by atoms with E-state index < -0.39 is 309 Å². The molecule has 0 bridgehead atoms. The second-order valence-corrected chi connectivity index (χ2v) is 34.5. The molecular formula is C87H139N25O25. The third kappa shape index (κ3) is 41.3. The normalized spacial score (nSPS) is 15.8. The lowest BCUT2D eigenvalue weighted by Gasteiger charge is -2.33. The molecule has 2 aromatic rings. The van der Waals surface area contributed by atoms with Crippen molar-refractivity contribution in [1.82, 2.24) is 101 Å². The summed E-state index contributed by atoms with van der Waals surface area (Å²) >= 11 is 0. The number of aliphatic hydroxyl groups is 3. The Labute approximate surface area is 792 Å². The van der Waals surface area contributed by atoms with Crippen LogP contribution in [-0.4, -0.2) is 312 Å². The van der Waals surface area contributed by atoms with Crippen molar-refractivity contribution >= 4 is 130 Å². The first-order valence-electron chi connectivity index (χ1n) is 45.1. The second-order valence-electron chi connectivity index (χ2n) is 34.5. The van der Waals surface area contributed by atoms with Gasteiger partial charge in [-0.25, -0.2) is 0 Å². The van der Waals surface area contributed by atoms with E-state index in [1.807, 2.05) is 0 Å². The van der Waals surface area contributed by atoms with Crippen LogP contribution >= 0.6 is 0 Å². The minimum atomic E-state index is -2.00. The third-order valence-corrected chi connectivity index (χ3v) is 21.8. The molecule has 0 spiro atoms. The predicted octanol–water partition coefficient (Wildman–Crippen LogP) is -11.4. The van der Waals surface area contributed by atoms with Crippen molar-refractivity contribution in [3.05, 3.63) is 71.8 Å². The molecule has 1 saturated heterocycles. The summed E-state index contributed by atoms with van der Waals surface area (Å²) < 4.78 is 0. The lowest BCUT2D eigenvalue weighted by atomic mass is 9.98. The summed E-state index contributed by atoms with van der Waals surface area (Å²) in [7, 11) is 1.41. The van der Waals surface area contributed by atoms with Gasteiger partial charge in [-0.1, -0.05) is 116 Å². The van der Waals surface area contributed by atoms with Crippen molar-refractivity contribution in [2.24, 2.45) is 58.1 Å². The lowest BCUT2D eigenvalue weighted by Crippen LogP contribution is -2.62. The second kappa shape index (κ2) is 60.1. The Morgan fingerprint density at radius 3 is 1.18 bits per heavy atom. The number of rotatable bonds is 62. The first kappa shape index (κ1) is 118. The topological polar surface area (TPSA) is 812 Å². The highest BCUT2D eigenvalue weighted by Crippen LogP contribution is 2.23. The molecule has 0 saturated carbocycles. The van der Waals surface area contributed by atoms with Crippen LogP contribution in [0.3, 0.4) is 0 Å². The molecule has 0 radical (unpaired) electrons. The molecule has 137 heavy (non-hydrogen) atoms. The molecule has 0 aliphatic carbocycles. The highest BCUT2D eigenvalue weighted by molar-refractivity contribution is 6.03. The van der Waals surface area contributed by atoms with Gasteiger partial charge in [0.2, 0.25) is 130 Å². The van der Waals surface area contributed by atoms with E-state index >= 15 is 0 Å². The maximum atomic E-state index is 14.9. The van der Waals surface area contributed by atoms with Gasteiger partial charge in [0.1, 0.15) is 96.7 Å². The molecule has 50 nitrogen and oxygen atoms in total. The molecular weight excluding hydrogens is 1800 g/mol. The Hall–Kier alpha value is -13.5. The van der Waals surface area contributed by atoms with E-state index in [2.05, 4.69) is 95.7 Å². The fourth-order valence-electron chi connectivity index (χ4n) is 14.0. The molecule has 1 fully saturated rings. The molecule has 3 rings (SSSR count). The number of carbonyl (C=O) groups excluding carboxylic acids is 22. The molecule has 1 aliphatic rings. The quantitative estimate of drug-likeness (QED) is 0.0274. The van der Waals surface area contributed by atoms with Crippen molar-refractivity contribution in [2.45, 2.75) is 255 Å². The number of aliphatic hydroxyl groups excluding tert-OH is 3. The number of nitrogens with zero attached hydrogens (tertiary/aromatic N) is 1. The first-order chi connectivity index (χ1) is 64.5. The Morgan fingerprint density at radius 1 is 0.358 bits per heavy atom. The fraction of sp³-hybridized carbons (Fsp3) is 0.609. The number of hydrogen-bond acceptors (Lipinski definition) is 28. The largest absolute Gasteiger partial charge is 0.394 e. The van der Waals surface area contributed by atoms with E-state index in [1.54, 1.807) is 88.4 Å². The summed E-state index contributed by atoms with van der Waals surface area (Å²) in [5.41, 5.74) is 34.8. The van der Waals surface area contributed by atoms with E-state index in [1.165, 1.54) is 41.7 Å². The summed E-state index contributed by atoms with van der Waals surface area (Å²) in [5.74, 6) is -25.5. The number of nitrogens with one attached hydrogen (secondary N) is 18. The maximum absolute atomic E-state index is 14.9. The zero-order chi connectivity index (χ0) is 103. The maximum Gasteiger partial charge on any atom is 0.246 e. The van der Waals surface area contributed by atoms with Crippen LogP contribution < -0.4 is 130 Å². The van der Waals surface area contributed by atoms with Gasteiger partial charge in [-0.15, -0.1) is 0 Å². The number of likely N-dealkylation sites (tertiary alicyclic amines) is 1. The Bertz CT molecular complexity index is 4470. The Kier molecular flexibility index (Phi) is 51.6. The van der Waals surface area contributed by atoms with Crippen molar-refractivity contribution in [2.75, 3.05) is 59.5 Å². The number of hydrogen-bond donors (Lipinski definition) is 27. The molecule has 33 N–H and O–H groups in total. The zero-order valence-corrected chi connectivity index (χ0v) is 79.0. The van der Waals surface area contributed by atoms with Crippen molar-refractivity contribution in [3.63, 3.8) is 0 Å². The van der Waals surface area contributed by atoms with Crippen molar-refractivity contribution < 1.29 is 121 Å². The van der Waals surface area contributed by atoms with E-state index in [0.717, 1.165) is 11.8 Å². The summed E-state index contributed by atoms with van der Waals surface area (Å²) in [6.07, 6.45) is -3.96. The van der Waals surface area contributed by atoms with E-state index in [-0.39, 0.29) is 71.0 Å².